The van der Waals surface area contributed by atoms with E-state index >= 15 is 0 Å². The van der Waals surface area contributed by atoms with Crippen LogP contribution in [0.15, 0.2) is 30.4 Å². The Morgan fingerprint density at radius 3 is 2.89 bits per heavy atom. The first-order valence-corrected chi connectivity index (χ1v) is 7.01. The Bertz CT molecular complexity index is 589. The van der Waals surface area contributed by atoms with Crippen LogP contribution in [-0.2, 0) is 12.4 Å². The van der Waals surface area contributed by atoms with Crippen LogP contribution in [0.1, 0.15) is 26.1 Å². The Hall–Kier alpha value is -1.48. The maximum absolute atomic E-state index is 5.97. The average molecular weight is 279 g/mol. The topological polar surface area (TPSA) is 27.1 Å². The predicted octanol–water partition coefficient (Wildman–Crippen LogP) is 4.14. The van der Waals surface area contributed by atoms with Gasteiger partial charge in [-0.15, -0.1) is 11.6 Å². The van der Waals surface area contributed by atoms with Gasteiger partial charge >= 0.3 is 0 Å². The summed E-state index contributed by atoms with van der Waals surface area (Å²) in [6.45, 7) is 9.51. The van der Waals surface area contributed by atoms with Crippen molar-refractivity contribution in [2.24, 2.45) is 0 Å². The minimum absolute atomic E-state index is 0.396. The summed E-state index contributed by atoms with van der Waals surface area (Å²) in [6.07, 6.45) is 0.995. The lowest BCUT2D eigenvalue weighted by Gasteiger charge is -2.08. The van der Waals surface area contributed by atoms with Crippen molar-refractivity contribution in [3.8, 4) is 5.75 Å². The van der Waals surface area contributed by atoms with Crippen molar-refractivity contribution in [1.29, 1.82) is 0 Å². The number of benzene rings is 1. The fourth-order valence-corrected chi connectivity index (χ4v) is 2.22. The second-order valence-corrected chi connectivity index (χ2v) is 4.97. The van der Waals surface area contributed by atoms with Crippen LogP contribution in [0.5, 0.6) is 5.75 Å². The molecule has 0 N–H and O–H groups in total. The zero-order valence-electron chi connectivity index (χ0n) is 11.4. The van der Waals surface area contributed by atoms with Crippen LogP contribution in [0.4, 0.5) is 0 Å². The fraction of sp³-hybridized carbons (Fsp3) is 0.400. The summed E-state index contributed by atoms with van der Waals surface area (Å²) >= 11 is 5.97. The summed E-state index contributed by atoms with van der Waals surface area (Å²) in [6, 6.07) is 5.98. The summed E-state index contributed by atoms with van der Waals surface area (Å²) < 4.78 is 7.73. The van der Waals surface area contributed by atoms with Gasteiger partial charge in [0.05, 0.1) is 23.5 Å². The molecule has 1 aromatic carbocycles. The standard InChI is InChI=1S/C15H19ClN2O/c1-4-7-19-12-5-6-14-13(8-12)17-15(9-16)18(14)10-11(2)3/h5-6,8H,2,4,7,9-10H2,1,3H3. The fourth-order valence-electron chi connectivity index (χ4n) is 2.02. The van der Waals surface area contributed by atoms with Crippen LogP contribution < -0.4 is 4.74 Å². The Morgan fingerprint density at radius 2 is 2.26 bits per heavy atom. The molecule has 0 fully saturated rings. The smallest absolute Gasteiger partial charge is 0.125 e. The molecular formula is C15H19ClN2O. The highest BCUT2D eigenvalue weighted by atomic mass is 35.5. The van der Waals surface area contributed by atoms with Gasteiger partial charge in [0.1, 0.15) is 11.6 Å². The molecule has 0 bridgehead atoms. The van der Waals surface area contributed by atoms with Gasteiger partial charge < -0.3 is 9.30 Å². The van der Waals surface area contributed by atoms with Gasteiger partial charge in [0.2, 0.25) is 0 Å². The van der Waals surface area contributed by atoms with Crippen LogP contribution in [0.25, 0.3) is 11.0 Å². The molecule has 0 atom stereocenters. The van der Waals surface area contributed by atoms with Crippen molar-refractivity contribution in [2.45, 2.75) is 32.7 Å². The molecule has 2 rings (SSSR count). The molecule has 102 valence electrons. The van der Waals surface area contributed by atoms with Gasteiger partial charge in [-0.25, -0.2) is 4.98 Å². The third-order valence-electron chi connectivity index (χ3n) is 2.82. The number of fused-ring (bicyclic) bond motifs is 1. The van der Waals surface area contributed by atoms with Crippen molar-refractivity contribution in [3.63, 3.8) is 0 Å². The molecule has 0 aliphatic carbocycles. The highest BCUT2D eigenvalue weighted by Crippen LogP contribution is 2.23. The molecule has 0 radical (unpaired) electrons. The number of halogens is 1. The molecule has 0 saturated carbocycles. The largest absolute Gasteiger partial charge is 0.494 e. The van der Waals surface area contributed by atoms with Crippen molar-refractivity contribution >= 4 is 22.6 Å². The number of rotatable bonds is 6. The van der Waals surface area contributed by atoms with Crippen molar-refractivity contribution < 1.29 is 4.74 Å². The third-order valence-corrected chi connectivity index (χ3v) is 3.06. The van der Waals surface area contributed by atoms with Gasteiger partial charge in [0, 0.05) is 12.6 Å². The van der Waals surface area contributed by atoms with E-state index in [1.54, 1.807) is 0 Å². The Balaban J connectivity index is 2.41. The molecule has 0 unspecified atom stereocenters. The van der Waals surface area contributed by atoms with Crippen molar-refractivity contribution in [1.82, 2.24) is 9.55 Å². The summed E-state index contributed by atoms with van der Waals surface area (Å²) in [5.74, 6) is 2.12. The summed E-state index contributed by atoms with van der Waals surface area (Å²) in [4.78, 5) is 4.56. The lowest BCUT2D eigenvalue weighted by atomic mass is 10.3. The van der Waals surface area contributed by atoms with E-state index in [0.717, 1.165) is 47.8 Å². The highest BCUT2D eigenvalue weighted by Gasteiger charge is 2.10. The first kappa shape index (κ1) is 13.9. The van der Waals surface area contributed by atoms with Gasteiger partial charge in [-0.1, -0.05) is 19.1 Å². The highest BCUT2D eigenvalue weighted by molar-refractivity contribution is 6.16. The minimum Gasteiger partial charge on any atom is -0.494 e. The van der Waals surface area contributed by atoms with Gasteiger partial charge in [0.15, 0.2) is 0 Å². The lowest BCUT2D eigenvalue weighted by molar-refractivity contribution is 0.318. The number of ether oxygens (including phenoxy) is 1. The first-order valence-electron chi connectivity index (χ1n) is 6.48. The molecule has 1 heterocycles. The third kappa shape index (κ3) is 3.10. The van der Waals surface area contributed by atoms with E-state index in [2.05, 4.69) is 23.1 Å². The maximum atomic E-state index is 5.97. The van der Waals surface area contributed by atoms with Crippen LogP contribution in [-0.4, -0.2) is 16.2 Å². The van der Waals surface area contributed by atoms with E-state index < -0.39 is 0 Å². The molecule has 2 aromatic rings. The number of alkyl halides is 1. The maximum Gasteiger partial charge on any atom is 0.125 e. The molecule has 4 heteroatoms. The van der Waals surface area contributed by atoms with Crippen molar-refractivity contribution in [2.75, 3.05) is 6.61 Å². The summed E-state index contributed by atoms with van der Waals surface area (Å²) in [7, 11) is 0. The number of hydrogen-bond donors (Lipinski definition) is 0. The minimum atomic E-state index is 0.396. The molecule has 0 amide bonds. The molecule has 0 spiro atoms. The zero-order valence-corrected chi connectivity index (χ0v) is 12.2. The second kappa shape index (κ2) is 6.11. The normalized spacial score (nSPS) is 10.9. The van der Waals surface area contributed by atoms with Gasteiger partial charge in [-0.05, 0) is 25.5 Å². The van der Waals surface area contributed by atoms with E-state index in [1.165, 1.54) is 0 Å². The lowest BCUT2D eigenvalue weighted by Crippen LogP contribution is -2.02. The van der Waals surface area contributed by atoms with Crippen LogP contribution in [0, 0.1) is 0 Å². The monoisotopic (exact) mass is 278 g/mol. The molecule has 0 saturated heterocycles. The molecule has 1 aromatic heterocycles. The zero-order chi connectivity index (χ0) is 13.8. The van der Waals surface area contributed by atoms with E-state index in [-0.39, 0.29) is 0 Å². The van der Waals surface area contributed by atoms with E-state index in [0.29, 0.717) is 5.88 Å². The number of aromatic nitrogens is 2. The van der Waals surface area contributed by atoms with Crippen LogP contribution in [0.3, 0.4) is 0 Å². The van der Waals surface area contributed by atoms with Gasteiger partial charge in [-0.2, -0.15) is 0 Å². The molecule has 0 aliphatic rings. The predicted molar refractivity (Wildman–Crippen MR) is 79.9 cm³/mol. The number of imidazole rings is 1. The van der Waals surface area contributed by atoms with Crippen LogP contribution >= 0.6 is 11.6 Å². The first-order chi connectivity index (χ1) is 9.15. The Labute approximate surface area is 118 Å². The van der Waals surface area contributed by atoms with Crippen molar-refractivity contribution in [3.05, 3.63) is 36.2 Å². The summed E-state index contributed by atoms with van der Waals surface area (Å²) in [5.41, 5.74) is 3.07. The van der Waals surface area contributed by atoms with E-state index in [9.17, 15) is 0 Å². The van der Waals surface area contributed by atoms with Gasteiger partial charge in [-0.3, -0.25) is 0 Å². The van der Waals surface area contributed by atoms with E-state index in [4.69, 9.17) is 16.3 Å². The second-order valence-electron chi connectivity index (χ2n) is 4.70. The quantitative estimate of drug-likeness (QED) is 0.586. The van der Waals surface area contributed by atoms with E-state index in [1.807, 2.05) is 25.1 Å². The number of nitrogens with zero attached hydrogens (tertiary/aromatic N) is 2. The number of hydrogen-bond acceptors (Lipinski definition) is 2. The molecular weight excluding hydrogens is 260 g/mol. The molecule has 3 nitrogen and oxygen atoms in total. The SMILES string of the molecule is C=C(C)Cn1c(CCl)nc2cc(OCCC)ccc21. The Morgan fingerprint density at radius 1 is 1.47 bits per heavy atom. The van der Waals surface area contributed by atoms with Gasteiger partial charge in [0.25, 0.3) is 0 Å². The summed E-state index contributed by atoms with van der Waals surface area (Å²) in [5, 5.41) is 0. The number of allylic oxidation sites excluding steroid dienone is 1. The molecule has 0 aliphatic heterocycles. The Kier molecular flexibility index (Phi) is 4.48. The average Bonchev–Trinajstić information content (AvgIpc) is 2.73. The molecule has 19 heavy (non-hydrogen) atoms. The van der Waals surface area contributed by atoms with Crippen LogP contribution in [0.2, 0.25) is 0 Å².